The largest absolute Gasteiger partial charge is 0.508 e. The summed E-state index contributed by atoms with van der Waals surface area (Å²) >= 11 is 0. The van der Waals surface area contributed by atoms with Crippen molar-refractivity contribution in [3.8, 4) is 22.6 Å². The summed E-state index contributed by atoms with van der Waals surface area (Å²) in [4.78, 5) is 12.7. The fourth-order valence-corrected chi connectivity index (χ4v) is 3.61. The average Bonchev–Trinajstić information content (AvgIpc) is 2.85. The molecule has 4 rings (SSSR count). The minimum Gasteiger partial charge on any atom is -0.508 e. The van der Waals surface area contributed by atoms with E-state index in [1.165, 1.54) is 5.56 Å². The van der Waals surface area contributed by atoms with E-state index < -0.39 is 0 Å². The minimum absolute atomic E-state index is 0.175. The molecule has 0 unspecified atom stereocenters. The van der Waals surface area contributed by atoms with Gasteiger partial charge >= 0.3 is 0 Å². The van der Waals surface area contributed by atoms with E-state index in [2.05, 4.69) is 17.4 Å². The lowest BCUT2D eigenvalue weighted by Crippen LogP contribution is -2.12. The first kappa shape index (κ1) is 22.2. The molecule has 0 fully saturated rings. The highest BCUT2D eigenvalue weighted by atomic mass is 16.5. The van der Waals surface area contributed by atoms with Gasteiger partial charge in [-0.3, -0.25) is 4.79 Å². The second-order valence-corrected chi connectivity index (χ2v) is 8.00. The van der Waals surface area contributed by atoms with E-state index in [1.807, 2.05) is 67.6 Å². The number of phenolic OH excluding ortho intramolecular Hbond substituents is 1. The molecule has 4 aromatic rings. The number of hydrogen-bond acceptors (Lipinski definition) is 3. The third kappa shape index (κ3) is 6.01. The van der Waals surface area contributed by atoms with Crippen molar-refractivity contribution in [3.05, 3.63) is 114 Å². The molecule has 0 radical (unpaired) electrons. The van der Waals surface area contributed by atoms with Gasteiger partial charge in [-0.25, -0.2) is 0 Å². The number of ether oxygens (including phenoxy) is 1. The van der Waals surface area contributed by atoms with Crippen LogP contribution in [0.1, 0.15) is 27.9 Å². The van der Waals surface area contributed by atoms with E-state index >= 15 is 0 Å². The molecule has 0 bridgehead atoms. The zero-order chi connectivity index (χ0) is 23.0. The smallest absolute Gasteiger partial charge is 0.255 e. The molecule has 0 spiro atoms. The molecule has 0 atom stereocenters. The molecule has 0 saturated carbocycles. The summed E-state index contributed by atoms with van der Waals surface area (Å²) in [6.45, 7) is 2.62. The third-order valence-corrected chi connectivity index (χ3v) is 5.50. The fraction of sp³-hybridized carbons (Fsp3) is 0.138. The maximum Gasteiger partial charge on any atom is 0.255 e. The predicted molar refractivity (Wildman–Crippen MR) is 133 cm³/mol. The number of phenols is 1. The Hall–Kier alpha value is -4.05. The molecule has 4 nitrogen and oxygen atoms in total. The first-order chi connectivity index (χ1) is 16.1. The zero-order valence-corrected chi connectivity index (χ0v) is 18.6. The van der Waals surface area contributed by atoms with Crippen molar-refractivity contribution in [2.75, 3.05) is 11.9 Å². The van der Waals surface area contributed by atoms with Gasteiger partial charge in [0.2, 0.25) is 0 Å². The van der Waals surface area contributed by atoms with E-state index in [4.69, 9.17) is 4.74 Å². The van der Waals surface area contributed by atoms with Gasteiger partial charge in [0.1, 0.15) is 11.5 Å². The normalized spacial score (nSPS) is 10.6. The summed E-state index contributed by atoms with van der Waals surface area (Å²) in [7, 11) is 0. The predicted octanol–water partition coefficient (Wildman–Crippen LogP) is 6.63. The molecule has 0 aliphatic heterocycles. The monoisotopic (exact) mass is 437 g/mol. The van der Waals surface area contributed by atoms with Crippen molar-refractivity contribution in [1.29, 1.82) is 0 Å². The van der Waals surface area contributed by atoms with Crippen molar-refractivity contribution >= 4 is 11.6 Å². The Kier molecular flexibility index (Phi) is 7.06. The molecule has 0 aromatic heterocycles. The van der Waals surface area contributed by atoms with E-state index in [1.54, 1.807) is 24.3 Å². The van der Waals surface area contributed by atoms with Gasteiger partial charge in [-0.2, -0.15) is 0 Å². The molecule has 33 heavy (non-hydrogen) atoms. The first-order valence-corrected chi connectivity index (χ1v) is 11.1. The molecular weight excluding hydrogens is 410 g/mol. The first-order valence-electron chi connectivity index (χ1n) is 11.1. The number of benzene rings is 4. The third-order valence-electron chi connectivity index (χ3n) is 5.50. The van der Waals surface area contributed by atoms with Crippen molar-refractivity contribution in [2.45, 2.75) is 19.8 Å². The standard InChI is InChI=1S/C29H27NO3/c1-21-9-16-26(20-28(21)33-19-5-8-22-6-3-2-4-7-22)30-29(32)25-12-10-23(11-13-25)24-14-17-27(31)18-15-24/h2-4,6-7,9-18,20,31H,5,8,19H2,1H3,(H,30,32). The summed E-state index contributed by atoms with van der Waals surface area (Å²) in [5, 5.41) is 12.4. The number of aryl methyl sites for hydroxylation is 2. The highest BCUT2D eigenvalue weighted by Crippen LogP contribution is 2.25. The molecule has 4 aromatic carbocycles. The van der Waals surface area contributed by atoms with Crippen molar-refractivity contribution in [2.24, 2.45) is 0 Å². The molecule has 0 heterocycles. The Labute approximate surface area is 194 Å². The Morgan fingerprint density at radius 3 is 2.21 bits per heavy atom. The SMILES string of the molecule is Cc1ccc(NC(=O)c2ccc(-c3ccc(O)cc3)cc2)cc1OCCCc1ccccc1. The molecule has 0 saturated heterocycles. The molecule has 0 aliphatic carbocycles. The van der Waals surface area contributed by atoms with Gasteiger partial charge < -0.3 is 15.2 Å². The Bertz CT molecular complexity index is 1200. The van der Waals surface area contributed by atoms with Crippen LogP contribution in [0.15, 0.2) is 97.1 Å². The lowest BCUT2D eigenvalue weighted by atomic mass is 10.0. The number of nitrogens with one attached hydrogen (secondary N) is 1. The van der Waals surface area contributed by atoms with Gasteiger partial charge in [-0.15, -0.1) is 0 Å². The Morgan fingerprint density at radius 2 is 1.52 bits per heavy atom. The van der Waals surface area contributed by atoms with Crippen LogP contribution in [0.25, 0.3) is 11.1 Å². The maximum atomic E-state index is 12.7. The molecule has 166 valence electrons. The number of amides is 1. The quantitative estimate of drug-likeness (QED) is 0.304. The van der Waals surface area contributed by atoms with Gasteiger partial charge in [0, 0.05) is 17.3 Å². The second-order valence-electron chi connectivity index (χ2n) is 8.00. The number of carbonyl (C=O) groups is 1. The summed E-state index contributed by atoms with van der Waals surface area (Å²) in [6.07, 6.45) is 1.89. The molecule has 1 amide bonds. The summed E-state index contributed by atoms with van der Waals surface area (Å²) < 4.78 is 5.99. The highest BCUT2D eigenvalue weighted by molar-refractivity contribution is 6.04. The van der Waals surface area contributed by atoms with Gasteiger partial charge in [-0.05, 0) is 72.4 Å². The van der Waals surface area contributed by atoms with Gasteiger partial charge in [-0.1, -0.05) is 60.7 Å². The second kappa shape index (κ2) is 10.5. The van der Waals surface area contributed by atoms with Gasteiger partial charge in [0.05, 0.1) is 6.61 Å². The van der Waals surface area contributed by atoms with Crippen LogP contribution in [0, 0.1) is 6.92 Å². The molecule has 4 heteroatoms. The topological polar surface area (TPSA) is 58.6 Å². The van der Waals surface area contributed by atoms with Crippen LogP contribution < -0.4 is 10.1 Å². The molecule has 2 N–H and O–H groups in total. The molecular formula is C29H27NO3. The molecule has 0 aliphatic rings. The van der Waals surface area contributed by atoms with Crippen LogP contribution in [-0.2, 0) is 6.42 Å². The van der Waals surface area contributed by atoms with Crippen molar-refractivity contribution < 1.29 is 14.6 Å². The Balaban J connectivity index is 1.35. The average molecular weight is 438 g/mol. The van der Waals surface area contributed by atoms with Crippen LogP contribution in [0.4, 0.5) is 5.69 Å². The van der Waals surface area contributed by atoms with Crippen LogP contribution in [0.5, 0.6) is 11.5 Å². The van der Waals surface area contributed by atoms with E-state index in [9.17, 15) is 9.90 Å². The van der Waals surface area contributed by atoms with Gasteiger partial charge in [0.15, 0.2) is 0 Å². The summed E-state index contributed by atoms with van der Waals surface area (Å²) in [5.74, 6) is 0.835. The van der Waals surface area contributed by atoms with Gasteiger partial charge in [0.25, 0.3) is 5.91 Å². The number of rotatable bonds is 8. The lowest BCUT2D eigenvalue weighted by Gasteiger charge is -2.12. The lowest BCUT2D eigenvalue weighted by molar-refractivity contribution is 0.102. The zero-order valence-electron chi connectivity index (χ0n) is 18.6. The van der Waals surface area contributed by atoms with Crippen LogP contribution in [-0.4, -0.2) is 17.6 Å². The number of hydrogen-bond donors (Lipinski definition) is 2. The summed E-state index contributed by atoms with van der Waals surface area (Å²) in [5.41, 5.74) is 5.57. The van der Waals surface area contributed by atoms with Crippen molar-refractivity contribution in [1.82, 2.24) is 0 Å². The Morgan fingerprint density at radius 1 is 0.848 bits per heavy atom. The van der Waals surface area contributed by atoms with E-state index in [0.29, 0.717) is 17.9 Å². The minimum atomic E-state index is -0.175. The fourth-order valence-electron chi connectivity index (χ4n) is 3.61. The van der Waals surface area contributed by atoms with Crippen LogP contribution in [0.2, 0.25) is 0 Å². The highest BCUT2D eigenvalue weighted by Gasteiger charge is 2.09. The summed E-state index contributed by atoms with van der Waals surface area (Å²) in [6, 6.07) is 30.5. The van der Waals surface area contributed by atoms with Crippen LogP contribution in [0.3, 0.4) is 0 Å². The van der Waals surface area contributed by atoms with Crippen molar-refractivity contribution in [3.63, 3.8) is 0 Å². The maximum absolute atomic E-state index is 12.7. The number of carbonyl (C=O) groups excluding carboxylic acids is 1. The number of anilines is 1. The van der Waals surface area contributed by atoms with Crippen LogP contribution >= 0.6 is 0 Å². The van der Waals surface area contributed by atoms with E-state index in [0.717, 1.165) is 35.3 Å². The van der Waals surface area contributed by atoms with E-state index in [-0.39, 0.29) is 11.7 Å². The number of aromatic hydroxyl groups is 1.